The SMILES string of the molecule is CCCNC(C)c1ccc(N(C)CC(C)(C)O)c(Br)c1. The number of hydrogen-bond acceptors (Lipinski definition) is 3. The molecule has 0 saturated carbocycles. The summed E-state index contributed by atoms with van der Waals surface area (Å²) >= 11 is 3.64. The van der Waals surface area contributed by atoms with Crippen molar-refractivity contribution in [3.8, 4) is 0 Å². The number of hydrogen-bond donors (Lipinski definition) is 2. The van der Waals surface area contributed by atoms with E-state index in [-0.39, 0.29) is 0 Å². The lowest BCUT2D eigenvalue weighted by Crippen LogP contribution is -2.36. The van der Waals surface area contributed by atoms with Crippen LogP contribution in [0.25, 0.3) is 0 Å². The van der Waals surface area contributed by atoms with Crippen molar-refractivity contribution in [2.24, 2.45) is 0 Å². The van der Waals surface area contributed by atoms with Crippen molar-refractivity contribution in [2.75, 3.05) is 25.0 Å². The van der Waals surface area contributed by atoms with Gasteiger partial charge in [-0.15, -0.1) is 0 Å². The monoisotopic (exact) mass is 342 g/mol. The first-order valence-electron chi connectivity index (χ1n) is 7.21. The van der Waals surface area contributed by atoms with Gasteiger partial charge in [-0.25, -0.2) is 0 Å². The van der Waals surface area contributed by atoms with Crippen LogP contribution < -0.4 is 10.2 Å². The summed E-state index contributed by atoms with van der Waals surface area (Å²) in [7, 11) is 2.00. The van der Waals surface area contributed by atoms with Crippen LogP contribution in [0.15, 0.2) is 22.7 Å². The van der Waals surface area contributed by atoms with Crippen LogP contribution in [0.5, 0.6) is 0 Å². The van der Waals surface area contributed by atoms with Crippen molar-refractivity contribution in [2.45, 2.75) is 45.8 Å². The van der Waals surface area contributed by atoms with Crippen LogP contribution in [-0.2, 0) is 0 Å². The molecule has 0 fully saturated rings. The van der Waals surface area contributed by atoms with Crippen molar-refractivity contribution in [1.29, 1.82) is 0 Å². The fourth-order valence-electron chi connectivity index (χ4n) is 2.25. The van der Waals surface area contributed by atoms with Crippen LogP contribution in [0.4, 0.5) is 5.69 Å². The van der Waals surface area contributed by atoms with E-state index in [0.717, 1.165) is 23.1 Å². The van der Waals surface area contributed by atoms with Crippen molar-refractivity contribution < 1.29 is 5.11 Å². The molecule has 4 heteroatoms. The van der Waals surface area contributed by atoms with Gasteiger partial charge in [0.25, 0.3) is 0 Å². The highest BCUT2D eigenvalue weighted by atomic mass is 79.9. The van der Waals surface area contributed by atoms with Crippen molar-refractivity contribution in [3.05, 3.63) is 28.2 Å². The van der Waals surface area contributed by atoms with Crippen LogP contribution in [0.1, 0.15) is 45.7 Å². The van der Waals surface area contributed by atoms with E-state index in [9.17, 15) is 5.11 Å². The topological polar surface area (TPSA) is 35.5 Å². The van der Waals surface area contributed by atoms with Gasteiger partial charge < -0.3 is 15.3 Å². The van der Waals surface area contributed by atoms with Crippen LogP contribution in [0.2, 0.25) is 0 Å². The molecule has 1 aromatic carbocycles. The van der Waals surface area contributed by atoms with E-state index in [1.54, 1.807) is 0 Å². The van der Waals surface area contributed by atoms with E-state index in [0.29, 0.717) is 12.6 Å². The Labute approximate surface area is 131 Å². The number of aliphatic hydroxyl groups is 1. The summed E-state index contributed by atoms with van der Waals surface area (Å²) in [6.45, 7) is 9.61. The molecule has 1 unspecified atom stereocenters. The predicted octanol–water partition coefficient (Wildman–Crippen LogP) is 3.72. The first kappa shape index (κ1) is 17.5. The lowest BCUT2D eigenvalue weighted by atomic mass is 10.1. The molecule has 0 saturated heterocycles. The Hall–Kier alpha value is -0.580. The Balaban J connectivity index is 2.82. The maximum atomic E-state index is 9.91. The van der Waals surface area contributed by atoms with E-state index < -0.39 is 5.60 Å². The van der Waals surface area contributed by atoms with Gasteiger partial charge in [-0.1, -0.05) is 13.0 Å². The molecule has 0 aromatic heterocycles. The maximum Gasteiger partial charge on any atom is 0.0765 e. The van der Waals surface area contributed by atoms with Crippen molar-refractivity contribution in [1.82, 2.24) is 5.32 Å². The van der Waals surface area contributed by atoms with Gasteiger partial charge in [-0.2, -0.15) is 0 Å². The molecule has 0 spiro atoms. The summed E-state index contributed by atoms with van der Waals surface area (Å²) in [6.07, 6.45) is 1.14. The summed E-state index contributed by atoms with van der Waals surface area (Å²) in [6, 6.07) is 6.76. The minimum absolute atomic E-state index is 0.347. The minimum atomic E-state index is -0.706. The second kappa shape index (κ2) is 7.43. The fourth-order valence-corrected chi connectivity index (χ4v) is 2.95. The lowest BCUT2D eigenvalue weighted by molar-refractivity contribution is 0.0886. The molecule has 1 aromatic rings. The third-order valence-electron chi connectivity index (χ3n) is 3.21. The van der Waals surface area contributed by atoms with Crippen molar-refractivity contribution >= 4 is 21.6 Å². The molecule has 0 bridgehead atoms. The summed E-state index contributed by atoms with van der Waals surface area (Å²) in [5, 5.41) is 13.4. The molecular formula is C16H27BrN2O. The number of nitrogens with one attached hydrogen (secondary N) is 1. The van der Waals surface area contributed by atoms with E-state index in [4.69, 9.17) is 0 Å². The van der Waals surface area contributed by atoms with Gasteiger partial charge in [-0.05, 0) is 67.4 Å². The molecular weight excluding hydrogens is 316 g/mol. The van der Waals surface area contributed by atoms with Crippen LogP contribution in [-0.4, -0.2) is 30.8 Å². The zero-order valence-electron chi connectivity index (χ0n) is 13.2. The van der Waals surface area contributed by atoms with Gasteiger partial charge in [0.1, 0.15) is 0 Å². The van der Waals surface area contributed by atoms with Gasteiger partial charge >= 0.3 is 0 Å². The van der Waals surface area contributed by atoms with Gasteiger partial charge in [0, 0.05) is 24.1 Å². The van der Waals surface area contributed by atoms with Crippen LogP contribution in [0, 0.1) is 0 Å². The highest BCUT2D eigenvalue weighted by molar-refractivity contribution is 9.10. The Bertz CT molecular complexity index is 429. The number of nitrogens with zero attached hydrogens (tertiary/aromatic N) is 1. The third-order valence-corrected chi connectivity index (χ3v) is 3.84. The average molecular weight is 343 g/mol. The molecule has 0 aliphatic carbocycles. The number of likely N-dealkylation sites (N-methyl/N-ethyl adjacent to an activating group) is 1. The molecule has 0 aliphatic rings. The summed E-state index contributed by atoms with van der Waals surface area (Å²) in [5.41, 5.74) is 1.66. The molecule has 114 valence electrons. The van der Waals surface area contributed by atoms with Crippen LogP contribution in [0.3, 0.4) is 0 Å². The Morgan fingerprint density at radius 1 is 1.40 bits per heavy atom. The third kappa shape index (κ3) is 5.43. The van der Waals surface area contributed by atoms with Gasteiger partial charge in [0.15, 0.2) is 0 Å². The Kier molecular flexibility index (Phi) is 6.49. The predicted molar refractivity (Wildman–Crippen MR) is 90.4 cm³/mol. The largest absolute Gasteiger partial charge is 0.389 e. The molecule has 1 rings (SSSR count). The van der Waals surface area contributed by atoms with Gasteiger partial charge in [0.2, 0.25) is 0 Å². The second-order valence-electron chi connectivity index (χ2n) is 6.06. The second-order valence-corrected chi connectivity index (χ2v) is 6.91. The highest BCUT2D eigenvalue weighted by Crippen LogP contribution is 2.29. The lowest BCUT2D eigenvalue weighted by Gasteiger charge is -2.28. The zero-order chi connectivity index (χ0) is 15.3. The van der Waals surface area contributed by atoms with E-state index in [1.165, 1.54) is 5.56 Å². The molecule has 3 nitrogen and oxygen atoms in total. The Morgan fingerprint density at radius 3 is 2.55 bits per heavy atom. The van der Waals surface area contributed by atoms with E-state index in [1.807, 2.05) is 20.9 Å². The molecule has 0 aliphatic heterocycles. The molecule has 2 N–H and O–H groups in total. The molecule has 0 amide bonds. The fraction of sp³-hybridized carbons (Fsp3) is 0.625. The maximum absolute atomic E-state index is 9.91. The highest BCUT2D eigenvalue weighted by Gasteiger charge is 2.18. The number of rotatable bonds is 7. The smallest absolute Gasteiger partial charge is 0.0765 e. The van der Waals surface area contributed by atoms with Crippen LogP contribution >= 0.6 is 15.9 Å². The normalized spacial score (nSPS) is 13.3. The summed E-state index contributed by atoms with van der Waals surface area (Å²) in [4.78, 5) is 2.07. The summed E-state index contributed by atoms with van der Waals surface area (Å²) in [5.74, 6) is 0. The Morgan fingerprint density at radius 2 is 2.05 bits per heavy atom. The molecule has 1 atom stereocenters. The van der Waals surface area contributed by atoms with E-state index in [2.05, 4.69) is 58.2 Å². The first-order chi connectivity index (χ1) is 9.24. The van der Waals surface area contributed by atoms with Gasteiger partial charge in [0.05, 0.1) is 11.3 Å². The molecule has 0 radical (unpaired) electrons. The molecule has 20 heavy (non-hydrogen) atoms. The van der Waals surface area contributed by atoms with E-state index >= 15 is 0 Å². The average Bonchev–Trinajstić information content (AvgIpc) is 2.33. The number of halogens is 1. The first-order valence-corrected chi connectivity index (χ1v) is 8.00. The quantitative estimate of drug-likeness (QED) is 0.792. The number of anilines is 1. The standard InChI is InChI=1S/C16H27BrN2O/c1-6-9-18-12(2)13-7-8-15(14(17)10-13)19(5)11-16(3,4)20/h7-8,10,12,18,20H,6,9,11H2,1-5H3. The minimum Gasteiger partial charge on any atom is -0.389 e. The summed E-state index contributed by atoms with van der Waals surface area (Å²) < 4.78 is 1.06. The molecule has 0 heterocycles. The van der Waals surface area contributed by atoms with Gasteiger partial charge in [-0.3, -0.25) is 0 Å². The van der Waals surface area contributed by atoms with Crippen molar-refractivity contribution in [3.63, 3.8) is 0 Å². The zero-order valence-corrected chi connectivity index (χ0v) is 14.8. The number of benzene rings is 1.